The molecule has 0 aliphatic rings. The maximum atomic E-state index is 11.4. The minimum atomic E-state index is -0.821. The highest BCUT2D eigenvalue weighted by atomic mass is 16.4. The van der Waals surface area contributed by atoms with Gasteiger partial charge in [-0.3, -0.25) is 4.79 Å². The van der Waals surface area contributed by atoms with Crippen molar-refractivity contribution in [2.45, 2.75) is 129 Å². The Labute approximate surface area is 156 Å². The van der Waals surface area contributed by atoms with Gasteiger partial charge in [-0.25, -0.2) is 0 Å². The molecular weight excluding hydrogens is 312 g/mol. The monoisotopic (exact) mass is 356 g/mol. The van der Waals surface area contributed by atoms with Crippen LogP contribution in [0.3, 0.4) is 0 Å². The van der Waals surface area contributed by atoms with Crippen molar-refractivity contribution in [2.75, 3.05) is 0 Å². The summed E-state index contributed by atoms with van der Waals surface area (Å²) in [7, 11) is 0. The van der Waals surface area contributed by atoms with Gasteiger partial charge in [0, 0.05) is 0 Å². The fraction of sp³-hybridized carbons (Fsp3) is 0.955. The van der Waals surface area contributed by atoms with Crippen molar-refractivity contribution >= 4 is 5.97 Å². The van der Waals surface area contributed by atoms with Gasteiger partial charge >= 0.3 is 5.97 Å². The van der Waals surface area contributed by atoms with Gasteiger partial charge < -0.3 is 10.2 Å². The average molecular weight is 357 g/mol. The molecule has 0 heterocycles. The second-order valence-electron chi connectivity index (χ2n) is 7.69. The molecule has 0 rings (SSSR count). The Hall–Kier alpha value is -0.570. The standard InChI is InChI=1S/C22H44O3/c1-3-5-7-9-11-13-14-16-18-20(22(24)25)21(23)19-17-15-12-10-8-6-4-2/h20-21,23H,3-19H2,1-2H3,(H,24,25). The summed E-state index contributed by atoms with van der Waals surface area (Å²) < 4.78 is 0. The van der Waals surface area contributed by atoms with Crippen LogP contribution in [0.2, 0.25) is 0 Å². The lowest BCUT2D eigenvalue weighted by Crippen LogP contribution is -2.28. The Balaban J connectivity index is 3.71. The van der Waals surface area contributed by atoms with E-state index >= 15 is 0 Å². The van der Waals surface area contributed by atoms with Crippen LogP contribution in [0.25, 0.3) is 0 Å². The zero-order valence-electron chi connectivity index (χ0n) is 17.0. The predicted molar refractivity (Wildman–Crippen MR) is 107 cm³/mol. The molecule has 2 N–H and O–H groups in total. The Bertz CT molecular complexity index is 291. The summed E-state index contributed by atoms with van der Waals surface area (Å²) in [6, 6.07) is 0. The molecule has 0 saturated carbocycles. The van der Waals surface area contributed by atoms with Crippen LogP contribution < -0.4 is 0 Å². The maximum absolute atomic E-state index is 11.4. The van der Waals surface area contributed by atoms with Crippen molar-refractivity contribution in [3.8, 4) is 0 Å². The number of carboxylic acid groups (broad SMARTS) is 1. The summed E-state index contributed by atoms with van der Waals surface area (Å²) in [5.74, 6) is -1.39. The first-order valence-electron chi connectivity index (χ1n) is 11.0. The Morgan fingerprint density at radius 1 is 0.640 bits per heavy atom. The van der Waals surface area contributed by atoms with Crippen molar-refractivity contribution < 1.29 is 15.0 Å². The molecule has 25 heavy (non-hydrogen) atoms. The smallest absolute Gasteiger partial charge is 0.309 e. The van der Waals surface area contributed by atoms with E-state index < -0.39 is 18.0 Å². The minimum Gasteiger partial charge on any atom is -0.481 e. The summed E-state index contributed by atoms with van der Waals surface area (Å²) in [6.45, 7) is 4.44. The number of rotatable bonds is 19. The number of aliphatic hydroxyl groups is 1. The number of hydrogen-bond acceptors (Lipinski definition) is 2. The number of aliphatic hydroxyl groups excluding tert-OH is 1. The van der Waals surface area contributed by atoms with Crippen LogP contribution in [-0.4, -0.2) is 22.3 Å². The van der Waals surface area contributed by atoms with Crippen molar-refractivity contribution in [1.82, 2.24) is 0 Å². The van der Waals surface area contributed by atoms with Gasteiger partial charge in [-0.2, -0.15) is 0 Å². The molecule has 0 bridgehead atoms. The number of aliphatic carboxylic acids is 1. The average Bonchev–Trinajstić information content (AvgIpc) is 2.59. The molecule has 0 aromatic heterocycles. The second kappa shape index (κ2) is 18.2. The van der Waals surface area contributed by atoms with E-state index in [0.717, 1.165) is 25.7 Å². The molecule has 0 saturated heterocycles. The lowest BCUT2D eigenvalue weighted by molar-refractivity contribution is -0.146. The van der Waals surface area contributed by atoms with Crippen LogP contribution in [0.5, 0.6) is 0 Å². The highest BCUT2D eigenvalue weighted by Crippen LogP contribution is 2.20. The quantitative estimate of drug-likeness (QED) is 0.253. The SMILES string of the molecule is CCCCCCCCCCC(C(=O)O)C(O)CCCCCCCCC. The molecule has 0 aromatic rings. The summed E-state index contributed by atoms with van der Waals surface area (Å²) in [5.41, 5.74) is 0. The van der Waals surface area contributed by atoms with Crippen LogP contribution in [0, 0.1) is 5.92 Å². The van der Waals surface area contributed by atoms with E-state index in [1.165, 1.54) is 70.6 Å². The fourth-order valence-corrected chi connectivity index (χ4v) is 3.49. The van der Waals surface area contributed by atoms with Crippen LogP contribution in [0.4, 0.5) is 0 Å². The van der Waals surface area contributed by atoms with Gasteiger partial charge in [0.05, 0.1) is 12.0 Å². The predicted octanol–water partition coefficient (Wildman–Crippen LogP) is 6.72. The lowest BCUT2D eigenvalue weighted by atomic mass is 9.91. The van der Waals surface area contributed by atoms with Gasteiger partial charge in [0.25, 0.3) is 0 Å². The number of unbranched alkanes of at least 4 members (excludes halogenated alkanes) is 13. The van der Waals surface area contributed by atoms with Crippen molar-refractivity contribution in [2.24, 2.45) is 5.92 Å². The molecule has 0 amide bonds. The molecule has 3 nitrogen and oxygen atoms in total. The summed E-state index contributed by atoms with van der Waals surface area (Å²) in [6.07, 6.45) is 18.7. The zero-order valence-corrected chi connectivity index (χ0v) is 17.0. The molecule has 3 heteroatoms. The largest absolute Gasteiger partial charge is 0.481 e. The van der Waals surface area contributed by atoms with Crippen LogP contribution >= 0.6 is 0 Å². The fourth-order valence-electron chi connectivity index (χ4n) is 3.49. The van der Waals surface area contributed by atoms with Crippen molar-refractivity contribution in [3.63, 3.8) is 0 Å². The lowest BCUT2D eigenvalue weighted by Gasteiger charge is -2.19. The van der Waals surface area contributed by atoms with E-state index in [1.807, 2.05) is 0 Å². The Morgan fingerprint density at radius 3 is 1.40 bits per heavy atom. The van der Waals surface area contributed by atoms with Gasteiger partial charge in [0.2, 0.25) is 0 Å². The molecule has 0 aromatic carbocycles. The third-order valence-corrected chi connectivity index (χ3v) is 5.25. The summed E-state index contributed by atoms with van der Waals surface area (Å²) >= 11 is 0. The van der Waals surface area contributed by atoms with E-state index in [2.05, 4.69) is 13.8 Å². The van der Waals surface area contributed by atoms with Gasteiger partial charge in [0.1, 0.15) is 0 Å². The molecule has 0 spiro atoms. The number of hydrogen-bond donors (Lipinski definition) is 2. The number of carbonyl (C=O) groups is 1. The third kappa shape index (κ3) is 15.4. The topological polar surface area (TPSA) is 57.5 Å². The zero-order chi connectivity index (χ0) is 18.8. The molecule has 0 aliphatic heterocycles. The van der Waals surface area contributed by atoms with Gasteiger partial charge in [0.15, 0.2) is 0 Å². The van der Waals surface area contributed by atoms with Crippen molar-refractivity contribution in [1.29, 1.82) is 0 Å². The second-order valence-corrected chi connectivity index (χ2v) is 7.69. The van der Waals surface area contributed by atoms with Crippen molar-refractivity contribution in [3.05, 3.63) is 0 Å². The van der Waals surface area contributed by atoms with Gasteiger partial charge in [-0.05, 0) is 12.8 Å². The Morgan fingerprint density at radius 2 is 1.00 bits per heavy atom. The van der Waals surface area contributed by atoms with E-state index in [0.29, 0.717) is 12.8 Å². The highest BCUT2D eigenvalue weighted by molar-refractivity contribution is 5.70. The molecule has 0 aliphatic carbocycles. The first-order chi connectivity index (χ1) is 12.1. The highest BCUT2D eigenvalue weighted by Gasteiger charge is 2.25. The molecule has 0 radical (unpaired) electrons. The third-order valence-electron chi connectivity index (χ3n) is 5.25. The molecule has 0 fully saturated rings. The number of carboxylic acids is 1. The van der Waals surface area contributed by atoms with E-state index in [-0.39, 0.29) is 0 Å². The van der Waals surface area contributed by atoms with E-state index in [4.69, 9.17) is 0 Å². The molecule has 2 unspecified atom stereocenters. The Kier molecular flexibility index (Phi) is 17.8. The van der Waals surface area contributed by atoms with Crippen LogP contribution in [-0.2, 0) is 4.79 Å². The van der Waals surface area contributed by atoms with Crippen LogP contribution in [0.15, 0.2) is 0 Å². The van der Waals surface area contributed by atoms with E-state index in [9.17, 15) is 15.0 Å². The normalized spacial score (nSPS) is 13.7. The summed E-state index contributed by atoms with van der Waals surface area (Å²) in [5, 5.41) is 19.6. The maximum Gasteiger partial charge on any atom is 0.309 e. The van der Waals surface area contributed by atoms with Crippen LogP contribution in [0.1, 0.15) is 123 Å². The van der Waals surface area contributed by atoms with Gasteiger partial charge in [-0.1, -0.05) is 110 Å². The molecule has 2 atom stereocenters. The summed E-state index contributed by atoms with van der Waals surface area (Å²) in [4.78, 5) is 11.4. The molecule has 150 valence electrons. The first-order valence-corrected chi connectivity index (χ1v) is 11.0. The minimum absolute atomic E-state index is 0.569. The molecular formula is C22H44O3. The van der Waals surface area contributed by atoms with E-state index in [1.54, 1.807) is 0 Å². The van der Waals surface area contributed by atoms with Gasteiger partial charge in [-0.15, -0.1) is 0 Å². The first kappa shape index (κ1) is 24.4.